The molecule has 1 N–H and O–H groups in total. The summed E-state index contributed by atoms with van der Waals surface area (Å²) in [5.41, 5.74) is 0. The molecule has 1 saturated heterocycles. The minimum absolute atomic E-state index is 0.375. The van der Waals surface area contributed by atoms with E-state index in [4.69, 9.17) is 4.74 Å². The van der Waals surface area contributed by atoms with Crippen LogP contribution in [0.2, 0.25) is 0 Å². The molecule has 0 amide bonds. The Kier molecular flexibility index (Phi) is 5.93. The summed E-state index contributed by atoms with van der Waals surface area (Å²) in [6.07, 6.45) is 3.08. The fraction of sp³-hybridized carbons (Fsp3) is 0.500. The number of hydrogen-bond donors (Lipinski definition) is 1. The largest absolute Gasteiger partial charge is 0.389 e. The fourth-order valence-corrected chi connectivity index (χ4v) is 3.27. The second-order valence-corrected chi connectivity index (χ2v) is 6.62. The summed E-state index contributed by atoms with van der Waals surface area (Å²) < 4.78 is 5.58. The van der Waals surface area contributed by atoms with Crippen LogP contribution in [-0.2, 0) is 11.3 Å². The first-order valence-corrected chi connectivity index (χ1v) is 8.72. The summed E-state index contributed by atoms with van der Waals surface area (Å²) in [5, 5.41) is 12.1. The summed E-state index contributed by atoms with van der Waals surface area (Å²) in [5.74, 6) is 0.784. The van der Waals surface area contributed by atoms with Gasteiger partial charge in [0.25, 0.3) is 0 Å². The number of nitrogens with zero attached hydrogens (tertiary/aromatic N) is 4. The van der Waals surface area contributed by atoms with Crippen LogP contribution < -0.4 is 4.90 Å². The molecule has 2 aromatic heterocycles. The number of aliphatic hydroxyl groups is 1. The van der Waals surface area contributed by atoms with Crippen molar-refractivity contribution in [3.8, 4) is 0 Å². The Bertz CT molecular complexity index is 559. The lowest BCUT2D eigenvalue weighted by Crippen LogP contribution is -2.49. The zero-order valence-corrected chi connectivity index (χ0v) is 13.9. The Morgan fingerprint density at radius 2 is 1.96 bits per heavy atom. The molecule has 1 aliphatic rings. The van der Waals surface area contributed by atoms with Crippen molar-refractivity contribution in [1.29, 1.82) is 0 Å². The van der Waals surface area contributed by atoms with Crippen LogP contribution in [0.4, 0.5) is 5.95 Å². The topological polar surface area (TPSA) is 61.7 Å². The van der Waals surface area contributed by atoms with E-state index in [0.717, 1.165) is 32.1 Å². The Labute approximate surface area is 140 Å². The van der Waals surface area contributed by atoms with E-state index < -0.39 is 6.10 Å². The molecule has 0 spiro atoms. The lowest BCUT2D eigenvalue weighted by atomic mass is 10.2. The molecule has 7 heteroatoms. The summed E-state index contributed by atoms with van der Waals surface area (Å²) in [4.78, 5) is 14.2. The standard InChI is InChI=1S/C16H22N4O2S/c21-14(12-22-13-15-3-1-10-23-15)11-19-6-8-20(9-7-19)16-17-4-2-5-18-16/h1-5,10,14,21H,6-9,11-13H2/t14-/m1/s1. The first-order chi connectivity index (χ1) is 11.3. The third-order valence-electron chi connectivity index (χ3n) is 3.81. The summed E-state index contributed by atoms with van der Waals surface area (Å²) >= 11 is 1.67. The average molecular weight is 334 g/mol. The summed E-state index contributed by atoms with van der Waals surface area (Å²) in [6.45, 7) is 5.17. The van der Waals surface area contributed by atoms with Crippen LogP contribution in [0.15, 0.2) is 36.0 Å². The molecule has 1 fully saturated rings. The first kappa shape index (κ1) is 16.3. The highest BCUT2D eigenvalue weighted by molar-refractivity contribution is 7.09. The molecular weight excluding hydrogens is 312 g/mol. The molecule has 6 nitrogen and oxygen atoms in total. The van der Waals surface area contributed by atoms with Crippen LogP contribution in [0.25, 0.3) is 0 Å². The average Bonchev–Trinajstić information content (AvgIpc) is 3.10. The quantitative estimate of drug-likeness (QED) is 0.822. The molecule has 0 aliphatic carbocycles. The molecule has 2 aromatic rings. The van der Waals surface area contributed by atoms with Gasteiger partial charge in [0.05, 0.1) is 19.3 Å². The number of ether oxygens (including phenoxy) is 1. The van der Waals surface area contributed by atoms with Gasteiger partial charge in [-0.2, -0.15) is 0 Å². The number of piperazine rings is 1. The zero-order valence-electron chi connectivity index (χ0n) is 13.0. The number of thiophene rings is 1. The molecule has 0 saturated carbocycles. The monoisotopic (exact) mass is 334 g/mol. The normalized spacial score (nSPS) is 17.3. The van der Waals surface area contributed by atoms with E-state index in [9.17, 15) is 5.11 Å². The van der Waals surface area contributed by atoms with Crippen molar-refractivity contribution in [3.05, 3.63) is 40.8 Å². The van der Waals surface area contributed by atoms with Crippen LogP contribution in [0.3, 0.4) is 0 Å². The number of rotatable bonds is 7. The summed E-state index contributed by atoms with van der Waals surface area (Å²) in [6, 6.07) is 5.88. The molecule has 0 unspecified atom stereocenters. The van der Waals surface area contributed by atoms with E-state index in [1.165, 1.54) is 4.88 Å². The third kappa shape index (κ3) is 4.97. The Morgan fingerprint density at radius 1 is 1.17 bits per heavy atom. The first-order valence-electron chi connectivity index (χ1n) is 7.84. The highest BCUT2D eigenvalue weighted by atomic mass is 32.1. The van der Waals surface area contributed by atoms with Gasteiger partial charge in [-0.3, -0.25) is 4.90 Å². The minimum Gasteiger partial charge on any atom is -0.389 e. The molecule has 3 rings (SSSR count). The van der Waals surface area contributed by atoms with Gasteiger partial charge in [-0.25, -0.2) is 9.97 Å². The van der Waals surface area contributed by atoms with Gasteiger partial charge in [-0.15, -0.1) is 11.3 Å². The molecule has 124 valence electrons. The number of β-amino-alcohol motifs (C(OH)–C–C–N with tert-alkyl or cyclic N) is 1. The van der Waals surface area contributed by atoms with E-state index in [2.05, 4.69) is 19.8 Å². The predicted octanol–water partition coefficient (Wildman–Crippen LogP) is 1.24. The van der Waals surface area contributed by atoms with Crippen molar-refractivity contribution in [1.82, 2.24) is 14.9 Å². The van der Waals surface area contributed by atoms with Gasteiger partial charge in [0, 0.05) is 50.0 Å². The van der Waals surface area contributed by atoms with Gasteiger partial charge < -0.3 is 14.7 Å². The lowest BCUT2D eigenvalue weighted by molar-refractivity contribution is 0.00987. The number of aliphatic hydroxyl groups excluding tert-OH is 1. The molecule has 0 radical (unpaired) electrons. The van der Waals surface area contributed by atoms with Gasteiger partial charge in [0.15, 0.2) is 0 Å². The molecule has 0 bridgehead atoms. The molecule has 1 aliphatic heterocycles. The second kappa shape index (κ2) is 8.35. The van der Waals surface area contributed by atoms with Crippen molar-refractivity contribution in [2.24, 2.45) is 0 Å². The van der Waals surface area contributed by atoms with E-state index in [0.29, 0.717) is 19.8 Å². The van der Waals surface area contributed by atoms with Crippen LogP contribution in [0.1, 0.15) is 4.88 Å². The molecular formula is C16H22N4O2S. The molecule has 1 atom stereocenters. The molecule has 3 heterocycles. The van der Waals surface area contributed by atoms with E-state index in [-0.39, 0.29) is 0 Å². The van der Waals surface area contributed by atoms with Gasteiger partial charge >= 0.3 is 0 Å². The van der Waals surface area contributed by atoms with E-state index in [1.807, 2.05) is 23.6 Å². The predicted molar refractivity (Wildman–Crippen MR) is 90.7 cm³/mol. The van der Waals surface area contributed by atoms with Crippen LogP contribution in [0, 0.1) is 0 Å². The Morgan fingerprint density at radius 3 is 2.65 bits per heavy atom. The highest BCUT2D eigenvalue weighted by Crippen LogP contribution is 2.11. The number of anilines is 1. The maximum absolute atomic E-state index is 10.1. The fourth-order valence-electron chi connectivity index (χ4n) is 2.63. The van der Waals surface area contributed by atoms with Crippen molar-refractivity contribution in [3.63, 3.8) is 0 Å². The minimum atomic E-state index is -0.450. The molecule has 23 heavy (non-hydrogen) atoms. The van der Waals surface area contributed by atoms with Crippen molar-refractivity contribution >= 4 is 17.3 Å². The van der Waals surface area contributed by atoms with E-state index >= 15 is 0 Å². The lowest BCUT2D eigenvalue weighted by Gasteiger charge is -2.35. The maximum atomic E-state index is 10.1. The smallest absolute Gasteiger partial charge is 0.225 e. The summed E-state index contributed by atoms with van der Waals surface area (Å²) in [7, 11) is 0. The number of hydrogen-bond acceptors (Lipinski definition) is 7. The van der Waals surface area contributed by atoms with Gasteiger partial charge in [0.1, 0.15) is 0 Å². The second-order valence-electron chi connectivity index (χ2n) is 5.58. The van der Waals surface area contributed by atoms with Gasteiger partial charge in [0.2, 0.25) is 5.95 Å². The van der Waals surface area contributed by atoms with Gasteiger partial charge in [-0.05, 0) is 17.5 Å². The van der Waals surface area contributed by atoms with Crippen LogP contribution in [0.5, 0.6) is 0 Å². The third-order valence-corrected chi connectivity index (χ3v) is 4.66. The van der Waals surface area contributed by atoms with Gasteiger partial charge in [-0.1, -0.05) is 6.07 Å². The van der Waals surface area contributed by atoms with Crippen LogP contribution >= 0.6 is 11.3 Å². The number of aromatic nitrogens is 2. The van der Waals surface area contributed by atoms with Crippen molar-refractivity contribution < 1.29 is 9.84 Å². The zero-order chi connectivity index (χ0) is 15.9. The van der Waals surface area contributed by atoms with Crippen LogP contribution in [-0.4, -0.2) is 65.4 Å². The van der Waals surface area contributed by atoms with Crippen molar-refractivity contribution in [2.75, 3.05) is 44.2 Å². The maximum Gasteiger partial charge on any atom is 0.225 e. The van der Waals surface area contributed by atoms with E-state index in [1.54, 1.807) is 23.7 Å². The van der Waals surface area contributed by atoms with Crippen molar-refractivity contribution in [2.45, 2.75) is 12.7 Å². The Hall–Kier alpha value is -1.54. The highest BCUT2D eigenvalue weighted by Gasteiger charge is 2.20. The molecule has 0 aromatic carbocycles. The SMILES string of the molecule is O[C@@H](COCc1cccs1)CN1CCN(c2ncccn2)CC1. The Balaban J connectivity index is 1.35.